The zero-order valence-corrected chi connectivity index (χ0v) is 33.8. The fourth-order valence-corrected chi connectivity index (χ4v) is 6.08. The second-order valence-electron chi connectivity index (χ2n) is 12.6. The number of halogens is 1. The number of alkyl halides is 1. The molecule has 3 heterocycles. The molecule has 330 valence electrons. The van der Waals surface area contributed by atoms with Crippen LogP contribution in [0.15, 0.2) is 0 Å². The standard InChI is InChI=1S/C34H49BrO23/c1-13(37)47-11-21-26(49-15(3)39)28(50-16(4)40)30(52-18(6)42)34(55-21)58-27-22(12-48-14(2)38)56-33(31(53-19(7)43)29(27)51-17(5)41)57-25-20(10-36)54-32(46-9-8-35)24(45)23(25)44/h20-34,36,44-45H,8-12H2,1-7H3/t20-,21-,22-,23-,24-,25-,26+,27+,28+,29+,30-,31-,32-,33+,34-/m1/s1/i11D2,12D2. The Morgan fingerprint density at radius 1 is 0.517 bits per heavy atom. The predicted octanol–water partition coefficient (Wildman–Crippen LogP) is -2.16. The van der Waals surface area contributed by atoms with Crippen LogP contribution in [-0.2, 0) is 95.1 Å². The summed E-state index contributed by atoms with van der Waals surface area (Å²) in [5.41, 5.74) is 0. The maximum atomic E-state index is 12.8. The van der Waals surface area contributed by atoms with E-state index in [2.05, 4.69) is 15.9 Å². The SMILES string of the molecule is [2H]C([2H])(OC(C)=O)[C@H]1O[C@H](O[C@@H]2[C@H](OC(C)=O)[C@@H](OC(C)=O)[C@H](O[C@H]3[C@H](O)[C@@H](O)[C@H](OCCBr)O[C@@H]3CO)O[C@@H]2C([2H])([2H])OC(C)=O)[C@H](OC(C)=O)[C@@H](OC(C)=O)[C@H]1OC(C)=O. The number of aliphatic hydroxyl groups is 3. The molecule has 3 aliphatic rings. The van der Waals surface area contributed by atoms with E-state index in [-0.39, 0.29) is 11.9 Å². The van der Waals surface area contributed by atoms with Crippen LogP contribution >= 0.6 is 15.9 Å². The molecule has 3 saturated heterocycles. The maximum Gasteiger partial charge on any atom is 0.303 e. The minimum Gasteiger partial charge on any atom is -0.463 e. The molecule has 24 heteroatoms. The number of rotatable bonds is 17. The monoisotopic (exact) mass is 908 g/mol. The lowest BCUT2D eigenvalue weighted by molar-refractivity contribution is -0.379. The Bertz CT molecular complexity index is 1620. The molecule has 0 unspecified atom stereocenters. The molecule has 3 fully saturated rings. The summed E-state index contributed by atoms with van der Waals surface area (Å²) >= 11 is 3.13. The van der Waals surface area contributed by atoms with Gasteiger partial charge in [0, 0.05) is 53.8 Å². The molecule has 3 rings (SSSR count). The van der Waals surface area contributed by atoms with Crippen molar-refractivity contribution in [3.63, 3.8) is 0 Å². The van der Waals surface area contributed by atoms with E-state index in [0.29, 0.717) is 0 Å². The van der Waals surface area contributed by atoms with E-state index in [1.54, 1.807) is 0 Å². The van der Waals surface area contributed by atoms with Crippen LogP contribution < -0.4 is 0 Å². The highest BCUT2D eigenvalue weighted by atomic mass is 79.9. The van der Waals surface area contributed by atoms with E-state index in [0.717, 1.165) is 48.5 Å². The van der Waals surface area contributed by atoms with Crippen LogP contribution in [0, 0.1) is 0 Å². The first-order valence-electron chi connectivity index (χ1n) is 19.4. The largest absolute Gasteiger partial charge is 0.463 e. The first kappa shape index (κ1) is 42.5. The topological polar surface area (TPSA) is 300 Å². The average molecular weight is 910 g/mol. The lowest BCUT2D eigenvalue weighted by Crippen LogP contribution is -2.68. The highest BCUT2D eigenvalue weighted by molar-refractivity contribution is 9.09. The third kappa shape index (κ3) is 13.7. The Labute approximate surface area is 345 Å². The second-order valence-corrected chi connectivity index (χ2v) is 13.4. The molecule has 0 saturated carbocycles. The van der Waals surface area contributed by atoms with Crippen molar-refractivity contribution < 1.29 is 116 Å². The van der Waals surface area contributed by atoms with Crippen molar-refractivity contribution in [3.8, 4) is 0 Å². The molecule has 58 heavy (non-hydrogen) atoms. The molecular weight excluding hydrogens is 856 g/mol. The highest BCUT2D eigenvalue weighted by Crippen LogP contribution is 2.37. The Morgan fingerprint density at radius 2 is 0.897 bits per heavy atom. The first-order valence-corrected chi connectivity index (χ1v) is 18.5. The fraction of sp³-hybridized carbons (Fsp3) is 0.794. The van der Waals surface area contributed by atoms with Gasteiger partial charge in [0.15, 0.2) is 49.4 Å². The van der Waals surface area contributed by atoms with E-state index in [4.69, 9.17) is 67.1 Å². The zero-order valence-electron chi connectivity index (χ0n) is 36.2. The lowest BCUT2D eigenvalue weighted by Gasteiger charge is -2.50. The quantitative estimate of drug-likeness (QED) is 0.0796. The van der Waals surface area contributed by atoms with Crippen molar-refractivity contribution >= 4 is 57.7 Å². The van der Waals surface area contributed by atoms with E-state index >= 15 is 0 Å². The van der Waals surface area contributed by atoms with Crippen molar-refractivity contribution in [2.75, 3.05) is 31.7 Å². The molecule has 15 atom stereocenters. The molecule has 0 aromatic rings. The van der Waals surface area contributed by atoms with Gasteiger partial charge in [-0.15, -0.1) is 0 Å². The summed E-state index contributed by atoms with van der Waals surface area (Å²) in [7, 11) is 0. The van der Waals surface area contributed by atoms with Gasteiger partial charge in [0.25, 0.3) is 0 Å². The molecule has 0 spiro atoms. The number of esters is 7. The molecule has 23 nitrogen and oxygen atoms in total. The minimum absolute atomic E-state index is 0.0269. The minimum atomic E-state index is -3.42. The number of hydrogen-bond donors (Lipinski definition) is 3. The molecule has 0 aliphatic carbocycles. The van der Waals surface area contributed by atoms with E-state index in [1.807, 2.05) is 0 Å². The third-order valence-corrected chi connectivity index (χ3v) is 8.22. The van der Waals surface area contributed by atoms with Gasteiger partial charge in [0.1, 0.15) is 55.8 Å². The Balaban J connectivity index is 2.31. The van der Waals surface area contributed by atoms with Gasteiger partial charge in [0.05, 0.1) is 18.7 Å². The van der Waals surface area contributed by atoms with Crippen LogP contribution in [-0.4, -0.2) is 181 Å². The lowest BCUT2D eigenvalue weighted by atomic mass is 9.95. The summed E-state index contributed by atoms with van der Waals surface area (Å²) in [6, 6.07) is 0. The fourth-order valence-electron chi connectivity index (χ4n) is 5.90. The predicted molar refractivity (Wildman–Crippen MR) is 186 cm³/mol. The summed E-state index contributed by atoms with van der Waals surface area (Å²) in [6.45, 7) is -1.79. The molecular formula is C34H49BrO23. The van der Waals surface area contributed by atoms with Gasteiger partial charge in [0.2, 0.25) is 0 Å². The Kier molecular flexibility index (Phi) is 16.6. The molecule has 0 aromatic heterocycles. The van der Waals surface area contributed by atoms with Gasteiger partial charge in [-0.05, 0) is 0 Å². The summed E-state index contributed by atoms with van der Waals surface area (Å²) in [5, 5.41) is 32.5. The van der Waals surface area contributed by atoms with Gasteiger partial charge < -0.3 is 76.9 Å². The van der Waals surface area contributed by atoms with Crippen LogP contribution in [0.1, 0.15) is 53.9 Å². The Morgan fingerprint density at radius 3 is 1.31 bits per heavy atom. The summed E-state index contributed by atoms with van der Waals surface area (Å²) in [4.78, 5) is 87.3. The van der Waals surface area contributed by atoms with Crippen LogP contribution in [0.25, 0.3) is 0 Å². The van der Waals surface area contributed by atoms with Crippen LogP contribution in [0.4, 0.5) is 0 Å². The number of carbonyl (C=O) groups is 7. The van der Waals surface area contributed by atoms with E-state index in [9.17, 15) is 48.9 Å². The van der Waals surface area contributed by atoms with Gasteiger partial charge in [-0.3, -0.25) is 33.6 Å². The number of aliphatic hydroxyl groups excluding tert-OH is 3. The summed E-state index contributed by atoms with van der Waals surface area (Å²) in [5.74, 6) is -8.29. The number of ether oxygens (including phenoxy) is 13. The van der Waals surface area contributed by atoms with Crippen LogP contribution in [0.3, 0.4) is 0 Å². The van der Waals surface area contributed by atoms with Gasteiger partial charge in [-0.1, -0.05) is 15.9 Å². The highest BCUT2D eigenvalue weighted by Gasteiger charge is 2.59. The van der Waals surface area contributed by atoms with Crippen molar-refractivity contribution in [1.29, 1.82) is 0 Å². The van der Waals surface area contributed by atoms with Gasteiger partial charge in [-0.25, -0.2) is 0 Å². The van der Waals surface area contributed by atoms with Crippen LogP contribution in [0.2, 0.25) is 0 Å². The average Bonchev–Trinajstić information content (AvgIpc) is 3.11. The molecule has 0 aromatic carbocycles. The van der Waals surface area contributed by atoms with Crippen molar-refractivity contribution in [3.05, 3.63) is 0 Å². The third-order valence-electron chi connectivity index (χ3n) is 7.90. The second kappa shape index (κ2) is 22.7. The van der Waals surface area contributed by atoms with Crippen molar-refractivity contribution in [2.45, 2.75) is 141 Å². The molecule has 0 bridgehead atoms. The molecule has 3 aliphatic heterocycles. The maximum absolute atomic E-state index is 12.8. The summed E-state index contributed by atoms with van der Waals surface area (Å²) < 4.78 is 106. The number of carbonyl (C=O) groups excluding carboxylic acids is 7. The summed E-state index contributed by atoms with van der Waals surface area (Å²) in [6.07, 6.45) is -31.2. The molecule has 0 amide bonds. The zero-order chi connectivity index (χ0) is 47.0. The number of hydrogen-bond acceptors (Lipinski definition) is 23. The van der Waals surface area contributed by atoms with Crippen molar-refractivity contribution in [2.24, 2.45) is 0 Å². The Hall–Kier alpha value is -3.59. The van der Waals surface area contributed by atoms with E-state index < -0.39 is 154 Å². The van der Waals surface area contributed by atoms with Gasteiger partial charge in [-0.2, -0.15) is 0 Å². The van der Waals surface area contributed by atoms with Crippen molar-refractivity contribution in [1.82, 2.24) is 0 Å². The smallest absolute Gasteiger partial charge is 0.303 e. The van der Waals surface area contributed by atoms with E-state index in [1.165, 1.54) is 0 Å². The van der Waals surface area contributed by atoms with Crippen LogP contribution in [0.5, 0.6) is 0 Å². The van der Waals surface area contributed by atoms with Gasteiger partial charge >= 0.3 is 41.8 Å². The normalized spacial score (nSPS) is 36.3. The molecule has 3 N–H and O–H groups in total. The first-order chi connectivity index (χ1) is 28.7. The molecule has 0 radical (unpaired) electrons.